The zero-order chi connectivity index (χ0) is 10.5. The quantitative estimate of drug-likeness (QED) is 0.681. The van der Waals surface area contributed by atoms with Crippen LogP contribution in [0.3, 0.4) is 0 Å². The average molecular weight is 187 g/mol. The van der Waals surface area contributed by atoms with Gasteiger partial charge in [0.1, 0.15) is 6.10 Å². The SMILES string of the molecule is CCCC(C)(C)CNC(=O)C(C)O. The van der Waals surface area contributed by atoms with Crippen molar-refractivity contribution in [2.24, 2.45) is 5.41 Å². The maximum Gasteiger partial charge on any atom is 0.248 e. The second kappa shape index (κ2) is 5.22. The molecule has 0 aliphatic carbocycles. The molecule has 1 amide bonds. The van der Waals surface area contributed by atoms with Gasteiger partial charge < -0.3 is 10.4 Å². The molecule has 1 unspecified atom stereocenters. The van der Waals surface area contributed by atoms with Gasteiger partial charge in [0.25, 0.3) is 0 Å². The lowest BCUT2D eigenvalue weighted by Crippen LogP contribution is -2.38. The maximum absolute atomic E-state index is 11.0. The predicted octanol–water partition coefficient (Wildman–Crippen LogP) is 1.31. The summed E-state index contributed by atoms with van der Waals surface area (Å²) >= 11 is 0. The summed E-state index contributed by atoms with van der Waals surface area (Å²) in [6, 6.07) is 0. The minimum Gasteiger partial charge on any atom is -0.384 e. The molecular weight excluding hydrogens is 166 g/mol. The minimum absolute atomic E-state index is 0.124. The second-order valence-electron chi connectivity index (χ2n) is 4.31. The van der Waals surface area contributed by atoms with E-state index in [1.165, 1.54) is 6.92 Å². The molecular formula is C10H21NO2. The first-order chi connectivity index (χ1) is 5.89. The highest BCUT2D eigenvalue weighted by Crippen LogP contribution is 2.20. The van der Waals surface area contributed by atoms with Gasteiger partial charge in [0.2, 0.25) is 5.91 Å². The zero-order valence-corrected chi connectivity index (χ0v) is 9.05. The molecule has 13 heavy (non-hydrogen) atoms. The van der Waals surface area contributed by atoms with Crippen LogP contribution in [0.4, 0.5) is 0 Å². The van der Waals surface area contributed by atoms with E-state index in [4.69, 9.17) is 5.11 Å². The average Bonchev–Trinajstić information content (AvgIpc) is 2.00. The summed E-state index contributed by atoms with van der Waals surface area (Å²) in [6.07, 6.45) is 1.28. The highest BCUT2D eigenvalue weighted by molar-refractivity contribution is 5.79. The fourth-order valence-electron chi connectivity index (χ4n) is 1.24. The van der Waals surface area contributed by atoms with Crippen LogP contribution < -0.4 is 5.32 Å². The Morgan fingerprint density at radius 2 is 2.08 bits per heavy atom. The van der Waals surface area contributed by atoms with Gasteiger partial charge in [0, 0.05) is 6.54 Å². The topological polar surface area (TPSA) is 49.3 Å². The van der Waals surface area contributed by atoms with E-state index in [1.807, 2.05) is 0 Å². The number of nitrogens with one attached hydrogen (secondary N) is 1. The normalized spacial score (nSPS) is 13.9. The fourth-order valence-corrected chi connectivity index (χ4v) is 1.24. The number of hydrogen-bond donors (Lipinski definition) is 2. The molecule has 0 saturated carbocycles. The number of amides is 1. The van der Waals surface area contributed by atoms with Crippen LogP contribution in [0.25, 0.3) is 0 Å². The lowest BCUT2D eigenvalue weighted by molar-refractivity contribution is -0.128. The monoisotopic (exact) mass is 187 g/mol. The third kappa shape index (κ3) is 5.64. The third-order valence-corrected chi connectivity index (χ3v) is 2.05. The van der Waals surface area contributed by atoms with Crippen molar-refractivity contribution < 1.29 is 9.90 Å². The molecule has 1 atom stereocenters. The molecule has 0 heterocycles. The Morgan fingerprint density at radius 1 is 1.54 bits per heavy atom. The van der Waals surface area contributed by atoms with E-state index in [2.05, 4.69) is 26.1 Å². The van der Waals surface area contributed by atoms with E-state index in [-0.39, 0.29) is 11.3 Å². The van der Waals surface area contributed by atoms with Crippen LogP contribution in [0.1, 0.15) is 40.5 Å². The lowest BCUT2D eigenvalue weighted by atomic mass is 9.88. The molecule has 0 aliphatic heterocycles. The smallest absolute Gasteiger partial charge is 0.248 e. The van der Waals surface area contributed by atoms with Gasteiger partial charge in [0.05, 0.1) is 0 Å². The van der Waals surface area contributed by atoms with Gasteiger partial charge in [-0.15, -0.1) is 0 Å². The van der Waals surface area contributed by atoms with E-state index in [0.29, 0.717) is 6.54 Å². The van der Waals surface area contributed by atoms with Crippen molar-refractivity contribution in [3.63, 3.8) is 0 Å². The van der Waals surface area contributed by atoms with Crippen LogP contribution >= 0.6 is 0 Å². The number of rotatable bonds is 5. The molecule has 0 fully saturated rings. The Bertz CT molecular complexity index is 164. The van der Waals surface area contributed by atoms with E-state index in [1.54, 1.807) is 0 Å². The lowest BCUT2D eigenvalue weighted by Gasteiger charge is -2.24. The molecule has 0 bridgehead atoms. The van der Waals surface area contributed by atoms with Crippen molar-refractivity contribution in [1.82, 2.24) is 5.32 Å². The Labute approximate surface area is 80.5 Å². The van der Waals surface area contributed by atoms with Crippen molar-refractivity contribution in [3.8, 4) is 0 Å². The molecule has 0 aromatic heterocycles. The second-order valence-corrected chi connectivity index (χ2v) is 4.31. The van der Waals surface area contributed by atoms with Gasteiger partial charge in [-0.3, -0.25) is 4.79 Å². The molecule has 0 spiro atoms. The van der Waals surface area contributed by atoms with Crippen LogP contribution in [0.2, 0.25) is 0 Å². The van der Waals surface area contributed by atoms with Crippen LogP contribution in [-0.4, -0.2) is 23.7 Å². The van der Waals surface area contributed by atoms with E-state index in [0.717, 1.165) is 12.8 Å². The first kappa shape index (κ1) is 12.4. The standard InChI is InChI=1S/C10H21NO2/c1-5-6-10(3,4)7-11-9(13)8(2)12/h8,12H,5-7H2,1-4H3,(H,11,13). The van der Waals surface area contributed by atoms with Gasteiger partial charge in [-0.2, -0.15) is 0 Å². The number of carbonyl (C=O) groups excluding carboxylic acids is 1. The number of aliphatic hydroxyl groups is 1. The van der Waals surface area contributed by atoms with Gasteiger partial charge in [-0.05, 0) is 18.8 Å². The van der Waals surface area contributed by atoms with Crippen LogP contribution in [0, 0.1) is 5.41 Å². The van der Waals surface area contributed by atoms with Crippen molar-refractivity contribution >= 4 is 5.91 Å². The summed E-state index contributed by atoms with van der Waals surface area (Å²) in [4.78, 5) is 11.0. The third-order valence-electron chi connectivity index (χ3n) is 2.05. The molecule has 0 saturated heterocycles. The van der Waals surface area contributed by atoms with Gasteiger partial charge >= 0.3 is 0 Å². The van der Waals surface area contributed by atoms with E-state index < -0.39 is 6.10 Å². The van der Waals surface area contributed by atoms with E-state index >= 15 is 0 Å². The van der Waals surface area contributed by atoms with Crippen molar-refractivity contribution in [1.29, 1.82) is 0 Å². The molecule has 0 radical (unpaired) electrons. The summed E-state index contributed by atoms with van der Waals surface area (Å²) in [5, 5.41) is 11.7. The van der Waals surface area contributed by atoms with Crippen molar-refractivity contribution in [3.05, 3.63) is 0 Å². The first-order valence-corrected chi connectivity index (χ1v) is 4.85. The Morgan fingerprint density at radius 3 is 2.46 bits per heavy atom. The van der Waals surface area contributed by atoms with Crippen LogP contribution in [0.15, 0.2) is 0 Å². The minimum atomic E-state index is -0.905. The maximum atomic E-state index is 11.0. The Balaban J connectivity index is 3.80. The fraction of sp³-hybridized carbons (Fsp3) is 0.900. The molecule has 3 heteroatoms. The molecule has 0 aromatic carbocycles. The Kier molecular flexibility index (Phi) is 4.99. The molecule has 78 valence electrons. The number of aliphatic hydroxyl groups excluding tert-OH is 1. The molecule has 0 aliphatic rings. The Hall–Kier alpha value is -0.570. The first-order valence-electron chi connectivity index (χ1n) is 4.85. The van der Waals surface area contributed by atoms with Crippen LogP contribution in [0.5, 0.6) is 0 Å². The predicted molar refractivity (Wildman–Crippen MR) is 53.4 cm³/mol. The van der Waals surface area contributed by atoms with Crippen molar-refractivity contribution in [2.75, 3.05) is 6.54 Å². The van der Waals surface area contributed by atoms with Gasteiger partial charge in [0.15, 0.2) is 0 Å². The van der Waals surface area contributed by atoms with E-state index in [9.17, 15) is 4.79 Å². The highest BCUT2D eigenvalue weighted by atomic mass is 16.3. The largest absolute Gasteiger partial charge is 0.384 e. The summed E-state index contributed by atoms with van der Waals surface area (Å²) in [6.45, 7) is 8.45. The summed E-state index contributed by atoms with van der Waals surface area (Å²) < 4.78 is 0. The summed E-state index contributed by atoms with van der Waals surface area (Å²) in [5.41, 5.74) is 0.124. The molecule has 2 N–H and O–H groups in total. The summed E-state index contributed by atoms with van der Waals surface area (Å²) in [5.74, 6) is -0.288. The molecule has 0 aromatic rings. The van der Waals surface area contributed by atoms with Crippen molar-refractivity contribution in [2.45, 2.75) is 46.6 Å². The van der Waals surface area contributed by atoms with Crippen LogP contribution in [-0.2, 0) is 4.79 Å². The zero-order valence-electron chi connectivity index (χ0n) is 9.05. The van der Waals surface area contributed by atoms with Gasteiger partial charge in [-0.1, -0.05) is 27.2 Å². The molecule has 3 nitrogen and oxygen atoms in total. The van der Waals surface area contributed by atoms with Gasteiger partial charge in [-0.25, -0.2) is 0 Å². The highest BCUT2D eigenvalue weighted by Gasteiger charge is 2.18. The number of hydrogen-bond acceptors (Lipinski definition) is 2. The number of carbonyl (C=O) groups is 1. The summed E-state index contributed by atoms with van der Waals surface area (Å²) in [7, 11) is 0. The molecule has 0 rings (SSSR count).